The predicted molar refractivity (Wildman–Crippen MR) is 128 cm³/mol. The van der Waals surface area contributed by atoms with Crippen LogP contribution in [0.25, 0.3) is 0 Å². The second-order valence-corrected chi connectivity index (χ2v) is 13.4. The fourth-order valence-corrected chi connectivity index (χ4v) is 4.97. The summed E-state index contributed by atoms with van der Waals surface area (Å²) in [4.78, 5) is 14.9. The Hall–Kier alpha value is -2.94. The van der Waals surface area contributed by atoms with Crippen molar-refractivity contribution in [1.82, 2.24) is 4.90 Å². The Labute approximate surface area is 216 Å². The van der Waals surface area contributed by atoms with Gasteiger partial charge in [0, 0.05) is 38.7 Å². The maximum absolute atomic E-state index is 14.6. The number of rotatable bonds is 6. The molecule has 0 saturated carbocycles. The summed E-state index contributed by atoms with van der Waals surface area (Å²) in [5.41, 5.74) is -3.62. The van der Waals surface area contributed by atoms with Gasteiger partial charge in [0.15, 0.2) is 36.9 Å². The molecule has 1 amide bonds. The van der Waals surface area contributed by atoms with Gasteiger partial charge in [-0.05, 0) is 44.2 Å². The third kappa shape index (κ3) is 6.20. The molecule has 38 heavy (non-hydrogen) atoms. The van der Waals surface area contributed by atoms with Crippen LogP contribution in [0.2, 0.25) is 0 Å². The first kappa shape index (κ1) is 29.6. The summed E-state index contributed by atoms with van der Waals surface area (Å²) >= 11 is 0. The van der Waals surface area contributed by atoms with Crippen LogP contribution < -0.4 is 9.64 Å². The van der Waals surface area contributed by atoms with Gasteiger partial charge in [-0.2, -0.15) is 13.2 Å². The lowest BCUT2D eigenvalue weighted by atomic mass is 10.1. The van der Waals surface area contributed by atoms with E-state index < -0.39 is 70.9 Å². The number of hydrogen-bond acceptors (Lipinski definition) is 7. The van der Waals surface area contributed by atoms with E-state index in [0.717, 1.165) is 44.6 Å². The number of ether oxygens (including phenoxy) is 1. The highest BCUT2D eigenvalue weighted by molar-refractivity contribution is 7.91. The number of hydrogen-bond donors (Lipinski definition) is 0. The lowest BCUT2D eigenvalue weighted by Gasteiger charge is -2.37. The first-order chi connectivity index (χ1) is 17.2. The van der Waals surface area contributed by atoms with Gasteiger partial charge in [-0.1, -0.05) is 0 Å². The summed E-state index contributed by atoms with van der Waals surface area (Å²) < 4.78 is 122. The van der Waals surface area contributed by atoms with Crippen molar-refractivity contribution in [2.45, 2.75) is 35.4 Å². The van der Waals surface area contributed by atoms with E-state index in [-0.39, 0.29) is 31.1 Å². The van der Waals surface area contributed by atoms with Crippen LogP contribution in [0.1, 0.15) is 24.2 Å². The van der Waals surface area contributed by atoms with E-state index >= 15 is 0 Å². The molecule has 1 heterocycles. The second-order valence-electron chi connectivity index (χ2n) is 9.33. The van der Waals surface area contributed by atoms with Gasteiger partial charge >= 0.3 is 6.18 Å². The number of halogens is 5. The molecule has 0 radical (unpaired) electrons. The van der Waals surface area contributed by atoms with Crippen molar-refractivity contribution in [2.24, 2.45) is 0 Å². The highest BCUT2D eigenvalue weighted by atomic mass is 32.2. The van der Waals surface area contributed by atoms with Crippen molar-refractivity contribution in [3.8, 4) is 5.75 Å². The number of carbonyl (C=O) groups is 1. The molecular formula is C23H25F5N2O6S2. The molecule has 15 heteroatoms. The zero-order valence-electron chi connectivity index (χ0n) is 20.8. The molecule has 1 aliphatic heterocycles. The van der Waals surface area contributed by atoms with Crippen LogP contribution in [-0.2, 0) is 19.7 Å². The van der Waals surface area contributed by atoms with E-state index in [9.17, 15) is 43.6 Å². The van der Waals surface area contributed by atoms with Gasteiger partial charge in [0.1, 0.15) is 11.4 Å². The summed E-state index contributed by atoms with van der Waals surface area (Å²) in [6, 6.07) is 4.30. The third-order valence-electron chi connectivity index (χ3n) is 5.96. The van der Waals surface area contributed by atoms with Crippen molar-refractivity contribution in [3.05, 3.63) is 47.5 Å². The molecule has 3 rings (SSSR count). The Balaban J connectivity index is 1.90. The molecule has 0 aromatic heterocycles. The second kappa shape index (κ2) is 9.98. The van der Waals surface area contributed by atoms with E-state index in [1.807, 2.05) is 0 Å². The smallest absolute Gasteiger partial charge is 0.427 e. The zero-order valence-corrected chi connectivity index (χ0v) is 22.4. The number of anilines is 1. The third-order valence-corrected chi connectivity index (χ3v) is 8.16. The van der Waals surface area contributed by atoms with Gasteiger partial charge in [-0.15, -0.1) is 0 Å². The van der Waals surface area contributed by atoms with E-state index in [0.29, 0.717) is 12.1 Å². The van der Waals surface area contributed by atoms with Crippen molar-refractivity contribution >= 4 is 31.3 Å². The number of nitrogens with zero attached hydrogens (tertiary/aromatic N) is 2. The number of benzene rings is 2. The Morgan fingerprint density at radius 3 is 1.79 bits per heavy atom. The maximum atomic E-state index is 14.6. The highest BCUT2D eigenvalue weighted by Crippen LogP contribution is 2.36. The van der Waals surface area contributed by atoms with E-state index in [2.05, 4.69) is 0 Å². The minimum atomic E-state index is -4.81. The summed E-state index contributed by atoms with van der Waals surface area (Å²) in [5, 5.41) is 0. The number of carbonyl (C=O) groups excluding carboxylic acids is 1. The maximum Gasteiger partial charge on any atom is 0.427 e. The Morgan fingerprint density at radius 1 is 0.842 bits per heavy atom. The van der Waals surface area contributed by atoms with Gasteiger partial charge in [0.2, 0.25) is 0 Å². The fraction of sp³-hybridized carbons (Fsp3) is 0.435. The van der Waals surface area contributed by atoms with Crippen LogP contribution in [0.3, 0.4) is 0 Å². The average molecular weight is 585 g/mol. The topological polar surface area (TPSA) is 101 Å². The standard InChI is InChI=1S/C23H25F5N2O6S2/c1-22(2,23(26,27)28)36-19-6-5-14(37(3,32)33)11-16(19)21(31)30-9-7-29(8-10-30)20-17(24)12-15(13-18(20)25)38(4,34)35/h5-6,11-13H,7-10H2,1-4H3. The minimum absolute atomic E-state index is 0.103. The first-order valence-electron chi connectivity index (χ1n) is 11.1. The molecule has 0 aliphatic carbocycles. The van der Waals surface area contributed by atoms with Crippen LogP contribution in [0, 0.1) is 11.6 Å². The molecule has 0 N–H and O–H groups in total. The molecule has 210 valence electrons. The molecule has 1 aliphatic rings. The first-order valence-corrected chi connectivity index (χ1v) is 14.8. The van der Waals surface area contributed by atoms with Crippen molar-refractivity contribution in [2.75, 3.05) is 43.6 Å². The Morgan fingerprint density at radius 2 is 1.34 bits per heavy atom. The highest BCUT2D eigenvalue weighted by Gasteiger charge is 2.50. The van der Waals surface area contributed by atoms with E-state index in [1.54, 1.807) is 0 Å². The zero-order chi connectivity index (χ0) is 28.8. The number of alkyl halides is 3. The van der Waals surface area contributed by atoms with Crippen LogP contribution in [0.5, 0.6) is 5.75 Å². The fourth-order valence-electron chi connectivity index (χ4n) is 3.69. The molecule has 2 aromatic rings. The van der Waals surface area contributed by atoms with E-state index in [4.69, 9.17) is 4.74 Å². The monoisotopic (exact) mass is 584 g/mol. The summed E-state index contributed by atoms with van der Waals surface area (Å²) in [6.45, 7) is 1.04. The van der Waals surface area contributed by atoms with Crippen molar-refractivity contribution in [3.63, 3.8) is 0 Å². The van der Waals surface area contributed by atoms with Crippen LogP contribution in [-0.4, -0.2) is 78.1 Å². The van der Waals surface area contributed by atoms with Gasteiger partial charge in [-0.25, -0.2) is 25.6 Å². The SMILES string of the molecule is CC(C)(Oc1ccc(S(C)(=O)=O)cc1C(=O)N1CCN(c2c(F)cc(S(C)(=O)=O)cc2F)CC1)C(F)(F)F. The molecule has 8 nitrogen and oxygen atoms in total. The van der Waals surface area contributed by atoms with Crippen LogP contribution in [0.4, 0.5) is 27.6 Å². The minimum Gasteiger partial charge on any atom is -0.478 e. The van der Waals surface area contributed by atoms with E-state index in [1.165, 1.54) is 9.80 Å². The lowest BCUT2D eigenvalue weighted by molar-refractivity contribution is -0.234. The van der Waals surface area contributed by atoms with Gasteiger partial charge in [0.05, 0.1) is 15.4 Å². The molecule has 0 bridgehead atoms. The van der Waals surface area contributed by atoms with Crippen LogP contribution in [0.15, 0.2) is 40.1 Å². The normalized spacial score (nSPS) is 15.5. The number of amides is 1. The molecule has 0 unspecified atom stereocenters. The number of sulfone groups is 2. The molecule has 0 atom stereocenters. The summed E-state index contributed by atoms with van der Waals surface area (Å²) in [7, 11) is -7.69. The van der Waals surface area contributed by atoms with Gasteiger partial charge < -0.3 is 14.5 Å². The number of piperazine rings is 1. The molecular weight excluding hydrogens is 559 g/mol. The van der Waals surface area contributed by atoms with Crippen molar-refractivity contribution in [1.29, 1.82) is 0 Å². The largest absolute Gasteiger partial charge is 0.478 e. The average Bonchev–Trinajstić information content (AvgIpc) is 2.76. The molecule has 0 spiro atoms. The quantitative estimate of drug-likeness (QED) is 0.480. The van der Waals surface area contributed by atoms with Crippen molar-refractivity contribution < 1.29 is 48.3 Å². The summed E-state index contributed by atoms with van der Waals surface area (Å²) in [5.74, 6) is -3.55. The Kier molecular flexibility index (Phi) is 7.78. The molecule has 2 aromatic carbocycles. The molecule has 1 fully saturated rings. The van der Waals surface area contributed by atoms with Gasteiger partial charge in [-0.3, -0.25) is 4.79 Å². The lowest BCUT2D eigenvalue weighted by Crippen LogP contribution is -2.49. The van der Waals surface area contributed by atoms with Gasteiger partial charge in [0.25, 0.3) is 5.91 Å². The predicted octanol–water partition coefficient (Wildman–Crippen LogP) is 3.45. The van der Waals surface area contributed by atoms with Crippen LogP contribution >= 0.6 is 0 Å². The molecule has 1 saturated heterocycles. The Bertz CT molecular complexity index is 1440. The summed E-state index contributed by atoms with van der Waals surface area (Å²) in [6.07, 6.45) is -3.14.